The highest BCUT2D eigenvalue weighted by Crippen LogP contribution is 2.71. The van der Waals surface area contributed by atoms with Gasteiger partial charge in [0.25, 0.3) is 0 Å². The van der Waals surface area contributed by atoms with Crippen molar-refractivity contribution in [2.45, 2.75) is 39.2 Å². The second kappa shape index (κ2) is 3.36. The Labute approximate surface area is 105 Å². The first-order valence-corrected chi connectivity index (χ1v) is 7.11. The number of amides is 1. The molecule has 92 valence electrons. The van der Waals surface area contributed by atoms with E-state index in [4.69, 9.17) is 5.53 Å². The van der Waals surface area contributed by atoms with Crippen molar-refractivity contribution < 1.29 is 9.58 Å². The largest absolute Gasteiger partial charge is 0.361 e. The molecule has 1 saturated heterocycles. The average Bonchev–Trinajstić information content (AvgIpc) is 2.85. The Hall–Kier alpha value is -0.800. The van der Waals surface area contributed by atoms with E-state index in [2.05, 4.69) is 18.6 Å². The van der Waals surface area contributed by atoms with Crippen LogP contribution >= 0.6 is 11.9 Å². The molecule has 2 saturated carbocycles. The molecule has 3 rings (SSSR count). The SMILES string of the molecule is CC1(C)C2CC[C@]13CSN(C(=O)C=[N+]=[N-])C3C2. The summed E-state index contributed by atoms with van der Waals surface area (Å²) in [4.78, 5) is 14.7. The quantitative estimate of drug-likeness (QED) is 0.310. The minimum absolute atomic E-state index is 0.164. The predicted octanol–water partition coefficient (Wildman–Crippen LogP) is 1.97. The van der Waals surface area contributed by atoms with Crippen molar-refractivity contribution in [2.75, 3.05) is 5.75 Å². The third-order valence-electron chi connectivity index (χ3n) is 5.52. The van der Waals surface area contributed by atoms with Crippen molar-refractivity contribution in [3.05, 3.63) is 5.53 Å². The van der Waals surface area contributed by atoms with E-state index in [1.807, 2.05) is 4.31 Å². The molecular weight excluding hydrogens is 234 g/mol. The molecule has 3 fully saturated rings. The molecule has 0 radical (unpaired) electrons. The topological polar surface area (TPSA) is 56.7 Å². The zero-order chi connectivity index (χ0) is 12.3. The van der Waals surface area contributed by atoms with Gasteiger partial charge in [-0.3, -0.25) is 9.10 Å². The van der Waals surface area contributed by atoms with Gasteiger partial charge in [-0.1, -0.05) is 13.8 Å². The Bertz CT molecular complexity index is 429. The lowest BCUT2D eigenvalue weighted by Gasteiger charge is -2.37. The molecule has 0 aromatic rings. The fraction of sp³-hybridized carbons (Fsp3) is 0.833. The van der Waals surface area contributed by atoms with E-state index in [1.165, 1.54) is 12.8 Å². The molecule has 1 heterocycles. The van der Waals surface area contributed by atoms with Gasteiger partial charge < -0.3 is 5.53 Å². The number of carbonyl (C=O) groups is 1. The first-order chi connectivity index (χ1) is 8.03. The number of nitrogens with zero attached hydrogens (tertiary/aromatic N) is 3. The Morgan fingerprint density at radius 1 is 1.59 bits per heavy atom. The maximum absolute atomic E-state index is 11.9. The average molecular weight is 251 g/mol. The molecule has 0 aromatic carbocycles. The zero-order valence-corrected chi connectivity index (χ0v) is 11.0. The van der Waals surface area contributed by atoms with Crippen molar-refractivity contribution in [2.24, 2.45) is 16.7 Å². The lowest BCUT2D eigenvalue weighted by molar-refractivity contribution is -0.125. The molecule has 1 spiro atoms. The van der Waals surface area contributed by atoms with Gasteiger partial charge in [0.05, 0.1) is 6.04 Å². The van der Waals surface area contributed by atoms with Crippen molar-refractivity contribution in [1.29, 1.82) is 0 Å². The minimum Gasteiger partial charge on any atom is -0.361 e. The number of carbonyl (C=O) groups excluding carboxylic acids is 1. The molecule has 3 aliphatic rings. The van der Waals surface area contributed by atoms with Gasteiger partial charge in [0.15, 0.2) is 0 Å². The van der Waals surface area contributed by atoms with E-state index in [9.17, 15) is 4.79 Å². The predicted molar refractivity (Wildman–Crippen MR) is 66.3 cm³/mol. The summed E-state index contributed by atoms with van der Waals surface area (Å²) in [6.45, 7) is 4.72. The van der Waals surface area contributed by atoms with Crippen molar-refractivity contribution >= 4 is 24.1 Å². The molecule has 5 heteroatoms. The van der Waals surface area contributed by atoms with Gasteiger partial charge >= 0.3 is 12.1 Å². The molecule has 2 bridgehead atoms. The van der Waals surface area contributed by atoms with Crippen LogP contribution in [0.3, 0.4) is 0 Å². The first kappa shape index (κ1) is 11.3. The van der Waals surface area contributed by atoms with Crippen LogP contribution in [0.25, 0.3) is 5.53 Å². The highest BCUT2D eigenvalue weighted by molar-refractivity contribution is 7.97. The van der Waals surface area contributed by atoms with E-state index in [-0.39, 0.29) is 5.91 Å². The highest BCUT2D eigenvalue weighted by Gasteiger charge is 2.68. The van der Waals surface area contributed by atoms with Crippen LogP contribution in [-0.4, -0.2) is 33.0 Å². The Morgan fingerprint density at radius 2 is 2.35 bits per heavy atom. The van der Waals surface area contributed by atoms with Crippen molar-refractivity contribution in [3.63, 3.8) is 0 Å². The van der Waals surface area contributed by atoms with E-state index >= 15 is 0 Å². The zero-order valence-electron chi connectivity index (χ0n) is 10.2. The summed E-state index contributed by atoms with van der Waals surface area (Å²) in [5, 5.41) is 0. The van der Waals surface area contributed by atoms with Gasteiger partial charge in [-0.15, -0.1) is 0 Å². The summed E-state index contributed by atoms with van der Waals surface area (Å²) in [6, 6.07) is 0.340. The Balaban J connectivity index is 1.94. The van der Waals surface area contributed by atoms with Crippen molar-refractivity contribution in [1.82, 2.24) is 4.31 Å². The highest BCUT2D eigenvalue weighted by atomic mass is 32.2. The van der Waals surface area contributed by atoms with Crippen LogP contribution < -0.4 is 0 Å². The van der Waals surface area contributed by atoms with Crippen LogP contribution in [0.1, 0.15) is 33.1 Å². The lowest BCUT2D eigenvalue weighted by atomic mass is 9.69. The normalized spacial score (nSPS) is 41.2. The van der Waals surface area contributed by atoms with E-state index < -0.39 is 0 Å². The summed E-state index contributed by atoms with van der Waals surface area (Å²) in [6.07, 6.45) is 4.68. The van der Waals surface area contributed by atoms with Crippen LogP contribution in [0.2, 0.25) is 0 Å². The summed E-state index contributed by atoms with van der Waals surface area (Å²) >= 11 is 1.62. The summed E-state index contributed by atoms with van der Waals surface area (Å²) in [7, 11) is 0. The minimum atomic E-state index is -0.164. The third-order valence-corrected chi connectivity index (χ3v) is 6.87. The Morgan fingerprint density at radius 3 is 3.00 bits per heavy atom. The summed E-state index contributed by atoms with van der Waals surface area (Å²) in [5.41, 5.74) is 9.12. The van der Waals surface area contributed by atoms with E-state index in [0.29, 0.717) is 16.9 Å². The number of hydrogen-bond acceptors (Lipinski definition) is 2. The maximum Gasteiger partial charge on any atom is 0.345 e. The van der Waals surface area contributed by atoms with E-state index in [1.54, 1.807) is 11.9 Å². The summed E-state index contributed by atoms with van der Waals surface area (Å²) < 4.78 is 1.85. The van der Waals surface area contributed by atoms with Gasteiger partial charge in [0, 0.05) is 11.2 Å². The van der Waals surface area contributed by atoms with Gasteiger partial charge in [0.2, 0.25) is 0 Å². The summed E-state index contributed by atoms with van der Waals surface area (Å²) in [5.74, 6) is 1.61. The third kappa shape index (κ3) is 1.19. The lowest BCUT2D eigenvalue weighted by Crippen LogP contribution is -2.43. The van der Waals surface area contributed by atoms with Crippen LogP contribution in [0.4, 0.5) is 0 Å². The fourth-order valence-electron chi connectivity index (χ4n) is 4.30. The van der Waals surface area contributed by atoms with Crippen LogP contribution in [0, 0.1) is 16.7 Å². The number of hydrogen-bond donors (Lipinski definition) is 0. The van der Waals surface area contributed by atoms with Crippen LogP contribution in [0.5, 0.6) is 0 Å². The molecule has 2 aliphatic carbocycles. The van der Waals surface area contributed by atoms with Crippen molar-refractivity contribution in [3.8, 4) is 0 Å². The monoisotopic (exact) mass is 251 g/mol. The molecule has 4 nitrogen and oxygen atoms in total. The smallest absolute Gasteiger partial charge is 0.345 e. The molecule has 17 heavy (non-hydrogen) atoms. The second-order valence-electron chi connectivity index (χ2n) is 6.05. The maximum atomic E-state index is 11.9. The molecule has 2 unspecified atom stereocenters. The van der Waals surface area contributed by atoms with Gasteiger partial charge in [-0.2, -0.15) is 4.79 Å². The van der Waals surface area contributed by atoms with Gasteiger partial charge in [0.1, 0.15) is 0 Å². The van der Waals surface area contributed by atoms with Crippen LogP contribution in [0.15, 0.2) is 0 Å². The second-order valence-corrected chi connectivity index (χ2v) is 6.99. The van der Waals surface area contributed by atoms with E-state index in [0.717, 1.165) is 24.3 Å². The number of rotatable bonds is 1. The molecule has 0 N–H and O–H groups in total. The molecule has 0 aromatic heterocycles. The number of fused-ring (bicyclic) bond motifs is 1. The molecule has 1 aliphatic heterocycles. The van der Waals surface area contributed by atoms with Gasteiger partial charge in [-0.25, -0.2) is 0 Å². The molecule has 1 amide bonds. The van der Waals surface area contributed by atoms with Gasteiger partial charge in [-0.05, 0) is 42.5 Å². The van der Waals surface area contributed by atoms with Crippen LogP contribution in [-0.2, 0) is 4.79 Å². The fourth-order valence-corrected chi connectivity index (χ4v) is 6.02. The molecular formula is C12H17N3OS. The Kier molecular flexibility index (Phi) is 2.23. The molecule has 3 atom stereocenters. The standard InChI is InChI=1S/C12H17N3OS/c1-11(2)8-3-4-12(11)7-17-15(9(12)5-8)10(16)6-14-13/h6,8-9H,3-5,7H2,1-2H3/t8?,9?,12-/m1/s1. The first-order valence-electron chi connectivity index (χ1n) is 6.16.